The molecule has 3 aromatic rings. The monoisotopic (exact) mass is 583 g/mol. The second-order valence-corrected chi connectivity index (χ2v) is 12.0. The van der Waals surface area contributed by atoms with Crippen molar-refractivity contribution in [1.82, 2.24) is 30.0 Å². The number of nitrogens with one attached hydrogen (secondary N) is 2. The summed E-state index contributed by atoms with van der Waals surface area (Å²) >= 11 is 6.26. The van der Waals surface area contributed by atoms with Gasteiger partial charge >= 0.3 is 12.1 Å². The number of H-pyrrole nitrogens is 1. The Labute approximate surface area is 242 Å². The molecule has 1 saturated carbocycles. The first-order chi connectivity index (χ1) is 19.4. The van der Waals surface area contributed by atoms with Crippen molar-refractivity contribution >= 4 is 52.1 Å². The van der Waals surface area contributed by atoms with Crippen LogP contribution in [0.4, 0.5) is 16.4 Å². The summed E-state index contributed by atoms with van der Waals surface area (Å²) in [7, 11) is 0. The first kappa shape index (κ1) is 28.6. The number of hydrogen-bond acceptors (Lipinski definition) is 9. The Bertz CT molecular complexity index is 1480. The molecule has 1 aromatic carbocycles. The van der Waals surface area contributed by atoms with Crippen LogP contribution < -0.4 is 5.32 Å². The number of carbonyl (C=O) groups excluding carboxylic acids is 3. The number of esters is 1. The minimum absolute atomic E-state index is 0.0196. The second kappa shape index (κ2) is 11.2. The van der Waals surface area contributed by atoms with Crippen LogP contribution in [0.25, 0.3) is 10.9 Å². The van der Waals surface area contributed by atoms with Gasteiger partial charge in [0.1, 0.15) is 5.82 Å². The molecule has 0 spiro atoms. The van der Waals surface area contributed by atoms with Gasteiger partial charge in [-0.3, -0.25) is 14.7 Å². The highest BCUT2D eigenvalue weighted by Gasteiger charge is 2.34. The van der Waals surface area contributed by atoms with Crippen LogP contribution in [0.1, 0.15) is 69.7 Å². The van der Waals surface area contributed by atoms with Gasteiger partial charge in [0.2, 0.25) is 12.1 Å². The van der Waals surface area contributed by atoms with E-state index in [-0.39, 0.29) is 37.4 Å². The zero-order valence-electron chi connectivity index (χ0n) is 23.7. The number of carbonyl (C=O) groups is 3. The minimum Gasteiger partial charge on any atom is -0.425 e. The van der Waals surface area contributed by atoms with Crippen LogP contribution in [0.3, 0.4) is 0 Å². The Morgan fingerprint density at radius 3 is 2.56 bits per heavy atom. The highest BCUT2D eigenvalue weighted by molar-refractivity contribution is 6.31. The van der Waals surface area contributed by atoms with Crippen molar-refractivity contribution in [1.29, 1.82) is 0 Å². The molecule has 2 aromatic heterocycles. The third-order valence-electron chi connectivity index (χ3n) is 7.01. The van der Waals surface area contributed by atoms with Crippen molar-refractivity contribution in [3.05, 3.63) is 40.8 Å². The lowest BCUT2D eigenvalue weighted by Crippen LogP contribution is -2.56. The maximum Gasteiger partial charge on any atom is 0.413 e. The zero-order chi connectivity index (χ0) is 29.5. The number of piperazine rings is 1. The van der Waals surface area contributed by atoms with Crippen LogP contribution >= 0.6 is 11.6 Å². The molecule has 5 rings (SSSR count). The number of fused-ring (bicyclic) bond motifs is 1. The van der Waals surface area contributed by atoms with E-state index in [0.717, 1.165) is 18.5 Å². The number of rotatable bonds is 6. The first-order valence-corrected chi connectivity index (χ1v) is 14.0. The Morgan fingerprint density at radius 2 is 1.88 bits per heavy atom. The lowest BCUT2D eigenvalue weighted by atomic mass is 9.97. The average Bonchev–Trinajstić information content (AvgIpc) is 3.66. The van der Waals surface area contributed by atoms with Crippen molar-refractivity contribution in [2.24, 2.45) is 5.41 Å². The predicted octanol–water partition coefficient (Wildman–Crippen LogP) is 4.85. The molecule has 0 radical (unpaired) electrons. The van der Waals surface area contributed by atoms with E-state index in [0.29, 0.717) is 33.5 Å². The molecule has 218 valence electrons. The number of hydrogen-bond donors (Lipinski definition) is 2. The van der Waals surface area contributed by atoms with Gasteiger partial charge in [-0.25, -0.2) is 14.8 Å². The van der Waals surface area contributed by atoms with E-state index in [9.17, 15) is 14.4 Å². The highest BCUT2D eigenvalue weighted by Crippen LogP contribution is 2.40. The summed E-state index contributed by atoms with van der Waals surface area (Å²) in [6, 6.07) is 6.79. The van der Waals surface area contributed by atoms with E-state index in [1.165, 1.54) is 11.8 Å². The number of aromatic nitrogens is 4. The molecular formula is C28H34ClN7O5. The molecule has 2 atom stereocenters. The van der Waals surface area contributed by atoms with Crippen LogP contribution in [-0.2, 0) is 14.3 Å². The topological polar surface area (TPSA) is 143 Å². The third-order valence-corrected chi connectivity index (χ3v) is 7.25. The molecule has 2 fully saturated rings. The number of nitrogens with zero attached hydrogens (tertiary/aromatic N) is 5. The number of halogens is 1. The van der Waals surface area contributed by atoms with Crippen molar-refractivity contribution in [3.63, 3.8) is 0 Å². The molecule has 13 heteroatoms. The van der Waals surface area contributed by atoms with Gasteiger partial charge in [-0.2, -0.15) is 5.10 Å². The van der Waals surface area contributed by atoms with E-state index in [4.69, 9.17) is 21.1 Å². The highest BCUT2D eigenvalue weighted by atomic mass is 35.5. The summed E-state index contributed by atoms with van der Waals surface area (Å²) in [6.45, 7) is 9.21. The molecule has 3 heterocycles. The zero-order valence-corrected chi connectivity index (χ0v) is 24.5. The predicted molar refractivity (Wildman–Crippen MR) is 152 cm³/mol. The average molecular weight is 584 g/mol. The van der Waals surface area contributed by atoms with Crippen LogP contribution in [0, 0.1) is 5.41 Å². The Morgan fingerprint density at radius 1 is 1.12 bits per heavy atom. The van der Waals surface area contributed by atoms with Crippen LogP contribution in [0.5, 0.6) is 0 Å². The standard InChI is InChI=1S/C28H34ClN7O5/c1-15-14-35(10-11-36(15)27(39)41-16(2)40-26(38)28(3,4)5)25(37)24-30-20-9-8-18(29)12-19(20)23(32-24)31-22-13-21(33-34-22)17-6-7-17/h8-9,12-13,15-17H,6-7,10-11,14H2,1-5H3,(H2,30,31,32,33,34)/t15-,16?/m1/s1. The summed E-state index contributed by atoms with van der Waals surface area (Å²) in [6.07, 6.45) is 0.619. The minimum atomic E-state index is -1.04. The van der Waals surface area contributed by atoms with Gasteiger partial charge in [0, 0.05) is 60.7 Å². The fourth-order valence-electron chi connectivity index (χ4n) is 4.53. The summed E-state index contributed by atoms with van der Waals surface area (Å²) in [4.78, 5) is 50.7. The second-order valence-electron chi connectivity index (χ2n) is 11.6. The van der Waals surface area contributed by atoms with Gasteiger partial charge < -0.3 is 24.6 Å². The van der Waals surface area contributed by atoms with E-state index < -0.39 is 23.8 Å². The summed E-state index contributed by atoms with van der Waals surface area (Å²) in [5.74, 6) is 0.705. The fourth-order valence-corrected chi connectivity index (χ4v) is 4.71. The maximum absolute atomic E-state index is 13.6. The molecule has 41 heavy (non-hydrogen) atoms. The van der Waals surface area contributed by atoms with Crippen LogP contribution in [0.2, 0.25) is 5.02 Å². The van der Waals surface area contributed by atoms with E-state index >= 15 is 0 Å². The first-order valence-electron chi connectivity index (χ1n) is 13.7. The fraction of sp³-hybridized carbons (Fsp3) is 0.500. The molecule has 2 N–H and O–H groups in total. The van der Waals surface area contributed by atoms with Crippen molar-refractivity contribution in [2.75, 3.05) is 25.0 Å². The van der Waals surface area contributed by atoms with Crippen molar-refractivity contribution in [3.8, 4) is 0 Å². The molecule has 1 aliphatic carbocycles. The van der Waals surface area contributed by atoms with Crippen molar-refractivity contribution in [2.45, 2.75) is 65.7 Å². The smallest absolute Gasteiger partial charge is 0.413 e. The van der Waals surface area contributed by atoms with E-state index in [2.05, 4.69) is 25.5 Å². The van der Waals surface area contributed by atoms with Gasteiger partial charge in [-0.15, -0.1) is 0 Å². The van der Waals surface area contributed by atoms with E-state index in [1.54, 1.807) is 43.9 Å². The van der Waals surface area contributed by atoms with Gasteiger partial charge in [0.15, 0.2) is 5.82 Å². The van der Waals surface area contributed by atoms with Gasteiger partial charge in [-0.1, -0.05) is 11.6 Å². The summed E-state index contributed by atoms with van der Waals surface area (Å²) < 4.78 is 10.6. The quantitative estimate of drug-likeness (QED) is 0.307. The van der Waals surface area contributed by atoms with E-state index in [1.807, 2.05) is 13.0 Å². The number of anilines is 2. The van der Waals surface area contributed by atoms with Crippen molar-refractivity contribution < 1.29 is 23.9 Å². The Kier molecular flexibility index (Phi) is 7.78. The largest absolute Gasteiger partial charge is 0.425 e. The molecule has 2 aliphatic rings. The lowest BCUT2D eigenvalue weighted by molar-refractivity contribution is -0.176. The number of aromatic amines is 1. The lowest BCUT2D eigenvalue weighted by Gasteiger charge is -2.39. The molecular weight excluding hydrogens is 550 g/mol. The maximum atomic E-state index is 13.6. The molecule has 1 aliphatic heterocycles. The van der Waals surface area contributed by atoms with Gasteiger partial charge in [0.05, 0.1) is 10.9 Å². The molecule has 1 saturated heterocycles. The number of amides is 2. The summed E-state index contributed by atoms with van der Waals surface area (Å²) in [5, 5.41) is 11.8. The Balaban J connectivity index is 1.28. The third kappa shape index (κ3) is 6.53. The van der Waals surface area contributed by atoms with Crippen LogP contribution in [0.15, 0.2) is 24.3 Å². The molecule has 12 nitrogen and oxygen atoms in total. The number of ether oxygens (including phenoxy) is 2. The van der Waals surface area contributed by atoms with Gasteiger partial charge in [0.25, 0.3) is 5.91 Å². The molecule has 0 bridgehead atoms. The summed E-state index contributed by atoms with van der Waals surface area (Å²) in [5.41, 5.74) is 0.902. The normalized spacial score (nSPS) is 18.2. The number of benzene rings is 1. The SMILES string of the molecule is CC(OC(=O)N1CCN(C(=O)c2nc(Nc3cc(C4CC4)[nH]n3)c3cc(Cl)ccc3n2)C[C@H]1C)OC(=O)C(C)(C)C. The van der Waals surface area contributed by atoms with Crippen LogP contribution in [-0.4, -0.2) is 79.9 Å². The van der Waals surface area contributed by atoms with Gasteiger partial charge in [-0.05, 0) is 58.7 Å². The molecule has 1 unspecified atom stereocenters. The molecule has 2 amide bonds. The Hall–Kier alpha value is -3.93.